The zero-order valence-electron chi connectivity index (χ0n) is 17.9. The van der Waals surface area contributed by atoms with Crippen molar-refractivity contribution in [3.05, 3.63) is 94.1 Å². The Morgan fingerprint density at radius 3 is 2.41 bits per heavy atom. The maximum atomic E-state index is 12.9. The highest BCUT2D eigenvalue weighted by Gasteiger charge is 2.30. The SMILES string of the molecule is CNC(=O)c1cc2c(-c3ccc(C(=O)NCc4cccc(C(F)(F)F)c4)cc3Cl)cccc2[nH]1. The summed E-state index contributed by atoms with van der Waals surface area (Å²) >= 11 is 6.50. The Morgan fingerprint density at radius 2 is 1.71 bits per heavy atom. The molecule has 3 aromatic carbocycles. The van der Waals surface area contributed by atoms with Gasteiger partial charge in [0, 0.05) is 40.6 Å². The highest BCUT2D eigenvalue weighted by Crippen LogP contribution is 2.34. The molecule has 0 aliphatic heterocycles. The smallest absolute Gasteiger partial charge is 0.354 e. The Balaban J connectivity index is 1.55. The van der Waals surface area contributed by atoms with E-state index in [9.17, 15) is 22.8 Å². The van der Waals surface area contributed by atoms with Crippen LogP contribution in [-0.2, 0) is 12.7 Å². The molecule has 0 aliphatic carbocycles. The summed E-state index contributed by atoms with van der Waals surface area (Å²) in [6.45, 7) is -0.0624. The second-order valence-electron chi connectivity index (χ2n) is 7.60. The summed E-state index contributed by atoms with van der Waals surface area (Å²) in [4.78, 5) is 27.6. The average Bonchev–Trinajstić information content (AvgIpc) is 3.26. The number of hydrogen-bond acceptors (Lipinski definition) is 2. The Kier molecular flexibility index (Phi) is 6.34. The van der Waals surface area contributed by atoms with Crippen LogP contribution < -0.4 is 10.6 Å². The minimum atomic E-state index is -4.45. The fraction of sp³-hybridized carbons (Fsp3) is 0.120. The van der Waals surface area contributed by atoms with Crippen LogP contribution in [0.25, 0.3) is 22.0 Å². The molecule has 0 atom stereocenters. The first-order valence-electron chi connectivity index (χ1n) is 10.3. The van der Waals surface area contributed by atoms with Crippen molar-refractivity contribution in [2.45, 2.75) is 12.7 Å². The third-order valence-corrected chi connectivity index (χ3v) is 5.68. The monoisotopic (exact) mass is 485 g/mol. The number of nitrogens with one attached hydrogen (secondary N) is 3. The largest absolute Gasteiger partial charge is 0.416 e. The molecular weight excluding hydrogens is 467 g/mol. The first kappa shape index (κ1) is 23.4. The van der Waals surface area contributed by atoms with Gasteiger partial charge in [0.25, 0.3) is 11.8 Å². The van der Waals surface area contributed by atoms with E-state index in [0.29, 0.717) is 21.8 Å². The minimum Gasteiger partial charge on any atom is -0.354 e. The van der Waals surface area contributed by atoms with Crippen molar-refractivity contribution >= 4 is 34.3 Å². The molecule has 34 heavy (non-hydrogen) atoms. The molecular formula is C25H19ClF3N3O2. The highest BCUT2D eigenvalue weighted by atomic mass is 35.5. The van der Waals surface area contributed by atoms with Gasteiger partial charge in [-0.1, -0.05) is 41.9 Å². The number of carbonyl (C=O) groups is 2. The van der Waals surface area contributed by atoms with Crippen LogP contribution in [0, 0.1) is 0 Å². The molecule has 174 valence electrons. The van der Waals surface area contributed by atoms with Gasteiger partial charge in [0.2, 0.25) is 0 Å². The minimum absolute atomic E-state index is 0.0624. The van der Waals surface area contributed by atoms with Gasteiger partial charge in [-0.25, -0.2) is 0 Å². The zero-order chi connectivity index (χ0) is 24.5. The summed E-state index contributed by atoms with van der Waals surface area (Å²) in [5.41, 5.74) is 2.45. The van der Waals surface area contributed by atoms with Gasteiger partial charge in [0.05, 0.1) is 5.56 Å². The average molecular weight is 486 g/mol. The molecule has 0 bridgehead atoms. The molecule has 2 amide bonds. The quantitative estimate of drug-likeness (QED) is 0.334. The van der Waals surface area contributed by atoms with Crippen LogP contribution in [0.4, 0.5) is 13.2 Å². The second kappa shape index (κ2) is 9.23. The third-order valence-electron chi connectivity index (χ3n) is 5.36. The van der Waals surface area contributed by atoms with Crippen LogP contribution >= 0.6 is 11.6 Å². The van der Waals surface area contributed by atoms with Crippen LogP contribution in [0.15, 0.2) is 66.7 Å². The summed E-state index contributed by atoms with van der Waals surface area (Å²) in [6, 6.07) is 16.8. The number of alkyl halides is 3. The molecule has 0 unspecified atom stereocenters. The van der Waals surface area contributed by atoms with Crippen molar-refractivity contribution in [3.8, 4) is 11.1 Å². The van der Waals surface area contributed by atoms with Gasteiger partial charge in [0.1, 0.15) is 5.69 Å². The van der Waals surface area contributed by atoms with Crippen molar-refractivity contribution in [2.24, 2.45) is 0 Å². The predicted octanol–water partition coefficient (Wildman–Crippen LogP) is 5.80. The number of H-pyrrole nitrogens is 1. The molecule has 9 heteroatoms. The Hall–Kier alpha value is -3.78. The summed E-state index contributed by atoms with van der Waals surface area (Å²) in [5, 5.41) is 6.31. The maximum absolute atomic E-state index is 12.9. The van der Waals surface area contributed by atoms with Crippen molar-refractivity contribution in [1.29, 1.82) is 0 Å². The molecule has 0 radical (unpaired) electrons. The van der Waals surface area contributed by atoms with Crippen molar-refractivity contribution < 1.29 is 22.8 Å². The fourth-order valence-electron chi connectivity index (χ4n) is 3.66. The Morgan fingerprint density at radius 1 is 0.941 bits per heavy atom. The molecule has 0 saturated carbocycles. The van der Waals surface area contributed by atoms with Crippen molar-refractivity contribution in [2.75, 3.05) is 7.05 Å². The third kappa shape index (κ3) is 4.77. The number of halogens is 4. The van der Waals surface area contributed by atoms with E-state index < -0.39 is 17.6 Å². The molecule has 5 nitrogen and oxygen atoms in total. The molecule has 4 aromatic rings. The molecule has 3 N–H and O–H groups in total. The lowest BCUT2D eigenvalue weighted by Gasteiger charge is -2.11. The van der Waals surface area contributed by atoms with Gasteiger partial charge in [-0.2, -0.15) is 13.2 Å². The van der Waals surface area contributed by atoms with E-state index in [1.165, 1.54) is 18.2 Å². The highest BCUT2D eigenvalue weighted by molar-refractivity contribution is 6.34. The number of fused-ring (bicyclic) bond motifs is 1. The second-order valence-corrected chi connectivity index (χ2v) is 8.01. The molecule has 0 saturated heterocycles. The van der Waals surface area contributed by atoms with E-state index in [-0.39, 0.29) is 18.0 Å². The summed E-state index contributed by atoms with van der Waals surface area (Å²) in [5.74, 6) is -0.714. The zero-order valence-corrected chi connectivity index (χ0v) is 18.6. The van der Waals surface area contributed by atoms with Crippen LogP contribution in [0.1, 0.15) is 32.0 Å². The molecule has 1 heterocycles. The Labute approximate surface area is 197 Å². The summed E-state index contributed by atoms with van der Waals surface area (Å²) < 4.78 is 38.7. The normalized spacial score (nSPS) is 11.4. The molecule has 0 fully saturated rings. The molecule has 0 aliphatic rings. The first-order chi connectivity index (χ1) is 16.2. The van der Waals surface area contributed by atoms with Crippen LogP contribution in [0.2, 0.25) is 5.02 Å². The van der Waals surface area contributed by atoms with Crippen LogP contribution in [0.3, 0.4) is 0 Å². The lowest BCUT2D eigenvalue weighted by Crippen LogP contribution is -2.23. The van der Waals surface area contributed by atoms with Gasteiger partial charge in [-0.3, -0.25) is 9.59 Å². The van der Waals surface area contributed by atoms with E-state index >= 15 is 0 Å². The van der Waals surface area contributed by atoms with E-state index in [1.807, 2.05) is 18.2 Å². The van der Waals surface area contributed by atoms with Crippen LogP contribution in [0.5, 0.6) is 0 Å². The summed E-state index contributed by atoms with van der Waals surface area (Å²) in [6.07, 6.45) is -4.45. The maximum Gasteiger partial charge on any atom is 0.416 e. The number of aromatic nitrogens is 1. The summed E-state index contributed by atoms with van der Waals surface area (Å²) in [7, 11) is 1.54. The van der Waals surface area contributed by atoms with Crippen molar-refractivity contribution in [3.63, 3.8) is 0 Å². The number of carbonyl (C=O) groups excluding carboxylic acids is 2. The van der Waals surface area contributed by atoms with Gasteiger partial charge in [0.15, 0.2) is 0 Å². The first-order valence-corrected chi connectivity index (χ1v) is 10.6. The lowest BCUT2D eigenvalue weighted by molar-refractivity contribution is -0.137. The van der Waals surface area contributed by atoms with E-state index in [2.05, 4.69) is 15.6 Å². The van der Waals surface area contributed by atoms with E-state index in [1.54, 1.807) is 25.2 Å². The van der Waals surface area contributed by atoms with Crippen LogP contribution in [-0.4, -0.2) is 23.8 Å². The predicted molar refractivity (Wildman–Crippen MR) is 125 cm³/mol. The van der Waals surface area contributed by atoms with Gasteiger partial charge in [-0.05, 0) is 47.5 Å². The van der Waals surface area contributed by atoms with Gasteiger partial charge >= 0.3 is 6.18 Å². The molecule has 1 aromatic heterocycles. The number of rotatable bonds is 5. The number of benzene rings is 3. The van der Waals surface area contributed by atoms with E-state index in [0.717, 1.165) is 28.6 Å². The number of aromatic amines is 1. The fourth-order valence-corrected chi connectivity index (χ4v) is 3.95. The molecule has 0 spiro atoms. The van der Waals surface area contributed by atoms with Crippen molar-refractivity contribution in [1.82, 2.24) is 15.6 Å². The lowest BCUT2D eigenvalue weighted by atomic mass is 10.00. The van der Waals surface area contributed by atoms with Gasteiger partial charge < -0.3 is 15.6 Å². The molecule has 4 rings (SSSR count). The topological polar surface area (TPSA) is 74.0 Å². The van der Waals surface area contributed by atoms with E-state index in [4.69, 9.17) is 11.6 Å². The van der Waals surface area contributed by atoms with Gasteiger partial charge in [-0.15, -0.1) is 0 Å². The Bertz CT molecular complexity index is 1400. The number of hydrogen-bond donors (Lipinski definition) is 3. The standard InChI is InChI=1S/C25H19ClF3N3O2/c1-30-24(34)22-12-19-17(6-3-7-21(19)32-22)18-9-8-15(11-20(18)26)23(33)31-13-14-4-2-5-16(10-14)25(27,28)29/h2-12,32H,13H2,1H3,(H,30,34)(H,31,33). The number of amides is 2.